The molecule has 442 valence electrons. The summed E-state index contributed by atoms with van der Waals surface area (Å²) in [5.41, 5.74) is 17.3. The number of aromatic nitrogens is 4. The average Bonchev–Trinajstić information content (AvgIpc) is 1.62. The topological polar surface area (TPSA) is 115 Å². The van der Waals surface area contributed by atoms with Gasteiger partial charge in [-0.2, -0.15) is 21.0 Å². The van der Waals surface area contributed by atoms with Gasteiger partial charge in [0.2, 0.25) is 0 Å². The number of fused-ring (bicyclic) bond motifs is 20. The molecule has 0 atom stereocenters. The van der Waals surface area contributed by atoms with E-state index < -0.39 is 0 Å². The summed E-state index contributed by atoms with van der Waals surface area (Å²) < 4.78 is 13.7. The van der Waals surface area contributed by atoms with Crippen molar-refractivity contribution >= 4 is 150 Å². The van der Waals surface area contributed by atoms with E-state index in [2.05, 4.69) is 218 Å². The lowest BCUT2D eigenvalue weighted by atomic mass is 9.89. The van der Waals surface area contributed by atoms with Crippen LogP contribution in [0.5, 0.6) is 0 Å². The Morgan fingerprint density at radius 2 is 0.537 bits per heavy atom. The Kier molecular flexibility index (Phi) is 12.4. The largest absolute Gasteiger partial charge is 0.308 e. The number of nitriles is 4. The summed E-state index contributed by atoms with van der Waals surface area (Å²) in [4.78, 5) is 0. The number of thiophene rings is 2. The van der Waals surface area contributed by atoms with E-state index in [1.165, 1.54) is 35.6 Å². The Hall–Kier alpha value is -12.5. The van der Waals surface area contributed by atoms with Crippen LogP contribution in [0.15, 0.2) is 249 Å². The molecular formula is C85H50N8S2. The van der Waals surface area contributed by atoms with Gasteiger partial charge in [0.1, 0.15) is 29.8 Å². The van der Waals surface area contributed by atoms with Crippen molar-refractivity contribution in [1.82, 2.24) is 18.3 Å². The van der Waals surface area contributed by atoms with Gasteiger partial charge in [-0.25, -0.2) is 0 Å². The molecular weight excluding hydrogens is 1200 g/mol. The molecule has 6 heterocycles. The molecule has 0 radical (unpaired) electrons. The third-order valence-corrected chi connectivity index (χ3v) is 21.9. The molecule has 0 bridgehead atoms. The zero-order valence-electron chi connectivity index (χ0n) is 51.6. The highest BCUT2D eigenvalue weighted by atomic mass is 32.1. The van der Waals surface area contributed by atoms with Crippen LogP contribution in [0.1, 0.15) is 38.9 Å². The van der Waals surface area contributed by atoms with Gasteiger partial charge in [0.25, 0.3) is 0 Å². The maximum Gasteiger partial charge on any atom is 0.104 e. The van der Waals surface area contributed by atoms with Crippen LogP contribution in [-0.2, 0) is 0 Å². The lowest BCUT2D eigenvalue weighted by Gasteiger charge is -2.23. The SMILES string of the molecule is Cc1c(C#N)c(-c2ccccc2)c(-n2c3ccccc3c3ccc4c5ccccc5sc4c32)c(C#N)c1-n1c2ccccc2c2ccccc21.Cc1c(C#N)c(-n2c3ccccc3c3ccc4c5ccccc5sc4c32)c(C)c(C#N)c1-n1c2ccccc2c2ccccc21. The normalized spacial score (nSPS) is 11.7. The molecule has 8 nitrogen and oxygen atoms in total. The number of nitrogens with zero attached hydrogens (tertiary/aromatic N) is 8. The number of benzene rings is 13. The van der Waals surface area contributed by atoms with Gasteiger partial charge in [-0.05, 0) is 91.6 Å². The minimum Gasteiger partial charge on any atom is -0.308 e. The second kappa shape index (κ2) is 21.3. The fourth-order valence-electron chi connectivity index (χ4n) is 15.5. The quantitative estimate of drug-likeness (QED) is 0.171. The molecule has 95 heavy (non-hydrogen) atoms. The van der Waals surface area contributed by atoms with Gasteiger partial charge in [-0.1, -0.05) is 200 Å². The minimum atomic E-state index is 0.521. The number of para-hydroxylation sites is 6. The summed E-state index contributed by atoms with van der Waals surface area (Å²) in [6, 6.07) is 96.6. The number of hydrogen-bond acceptors (Lipinski definition) is 6. The van der Waals surface area contributed by atoms with Crippen molar-refractivity contribution in [3.63, 3.8) is 0 Å². The first-order chi connectivity index (χ1) is 46.8. The van der Waals surface area contributed by atoms with Crippen LogP contribution in [0.4, 0.5) is 0 Å². The van der Waals surface area contributed by atoms with Crippen molar-refractivity contribution < 1.29 is 0 Å². The van der Waals surface area contributed by atoms with Crippen LogP contribution in [0.25, 0.3) is 161 Å². The summed E-state index contributed by atoms with van der Waals surface area (Å²) in [6.07, 6.45) is 0. The fourth-order valence-corrected chi connectivity index (χ4v) is 18.0. The van der Waals surface area contributed by atoms with Gasteiger partial charge in [0.15, 0.2) is 0 Å². The van der Waals surface area contributed by atoms with Crippen LogP contribution < -0.4 is 0 Å². The highest BCUT2D eigenvalue weighted by Crippen LogP contribution is 2.50. The van der Waals surface area contributed by atoms with Gasteiger partial charge in [-0.15, -0.1) is 22.7 Å². The maximum atomic E-state index is 11.5. The molecule has 19 rings (SSSR count). The first-order valence-electron chi connectivity index (χ1n) is 31.5. The smallest absolute Gasteiger partial charge is 0.104 e. The molecule has 0 spiro atoms. The molecule has 0 fully saturated rings. The molecule has 0 saturated heterocycles. The standard InChI is InChI=1S/C45H26N4S.C40H24N4S/c1-27-35(25-46)41(28-13-3-2-4-14-28)43(36(26-47)42(27)48-37-19-9-5-15-29(37)30-16-6-10-20-38(30)48)49-39-21-11-7-17-31(39)33-23-24-34-32-18-8-12-22-40(32)50-45(34)44(33)49;1-23-32(22-42)38(24(2)31(21-41)37(23)43-33-15-7-3-11-25(33)26-12-4-8-16-34(26)43)44-35-17-9-5-13-27(35)29-19-20-30-28-14-6-10-18-36(28)45-40(30)39(29)44/h2-24H,1H3;3-20H,1-2H3. The molecule has 10 heteroatoms. The Balaban J connectivity index is 0.000000140. The Morgan fingerprint density at radius 1 is 0.253 bits per heavy atom. The third-order valence-electron chi connectivity index (χ3n) is 19.5. The van der Waals surface area contributed by atoms with Crippen molar-refractivity contribution in [3.8, 4) is 58.2 Å². The predicted molar refractivity (Wildman–Crippen MR) is 395 cm³/mol. The second-order valence-electron chi connectivity index (χ2n) is 24.3. The fraction of sp³-hybridized carbons (Fsp3) is 0.0353. The molecule has 0 amide bonds. The van der Waals surface area contributed by atoms with E-state index in [0.29, 0.717) is 27.9 Å². The lowest BCUT2D eigenvalue weighted by molar-refractivity contribution is 1.07. The second-order valence-corrected chi connectivity index (χ2v) is 26.4. The summed E-state index contributed by atoms with van der Waals surface area (Å²) in [6.45, 7) is 5.98. The predicted octanol–water partition coefficient (Wildman–Crippen LogP) is 22.6. The first-order valence-corrected chi connectivity index (χ1v) is 33.1. The van der Waals surface area contributed by atoms with E-state index in [9.17, 15) is 21.0 Å². The van der Waals surface area contributed by atoms with E-state index in [1.54, 1.807) is 22.7 Å². The zero-order valence-corrected chi connectivity index (χ0v) is 53.2. The monoisotopic (exact) mass is 1250 g/mol. The van der Waals surface area contributed by atoms with Crippen LogP contribution >= 0.6 is 22.7 Å². The van der Waals surface area contributed by atoms with Gasteiger partial charge < -0.3 is 18.3 Å². The third kappa shape index (κ3) is 7.76. The lowest BCUT2D eigenvalue weighted by Crippen LogP contribution is -2.11. The average molecular weight is 1250 g/mol. The zero-order chi connectivity index (χ0) is 63.9. The van der Waals surface area contributed by atoms with Crippen molar-refractivity contribution in [1.29, 1.82) is 21.0 Å². The Bertz CT molecular complexity index is 6640. The summed E-state index contributed by atoms with van der Waals surface area (Å²) in [5.74, 6) is 0. The first kappa shape index (κ1) is 55.3. The highest BCUT2D eigenvalue weighted by molar-refractivity contribution is 7.27. The van der Waals surface area contributed by atoms with E-state index in [4.69, 9.17) is 0 Å². The van der Waals surface area contributed by atoms with Gasteiger partial charge in [0, 0.05) is 79.6 Å². The van der Waals surface area contributed by atoms with Crippen molar-refractivity contribution in [2.24, 2.45) is 0 Å². The molecule has 0 aliphatic carbocycles. The Morgan fingerprint density at radius 3 is 0.926 bits per heavy atom. The molecule has 19 aromatic rings. The van der Waals surface area contributed by atoms with Crippen LogP contribution in [0.2, 0.25) is 0 Å². The Labute approximate surface area is 552 Å². The maximum absolute atomic E-state index is 11.5. The van der Waals surface area contributed by atoms with Gasteiger partial charge >= 0.3 is 0 Å². The summed E-state index contributed by atoms with van der Waals surface area (Å²) in [5, 5.41) is 58.2. The molecule has 0 N–H and O–H groups in total. The van der Waals surface area contributed by atoms with Crippen LogP contribution in [0, 0.1) is 66.1 Å². The number of rotatable bonds is 5. The molecule has 6 aromatic heterocycles. The van der Waals surface area contributed by atoms with Gasteiger partial charge in [0.05, 0.1) is 93.0 Å². The number of hydrogen-bond donors (Lipinski definition) is 0. The molecule has 0 aliphatic rings. The van der Waals surface area contributed by atoms with E-state index in [-0.39, 0.29) is 0 Å². The van der Waals surface area contributed by atoms with Gasteiger partial charge in [-0.3, -0.25) is 0 Å². The van der Waals surface area contributed by atoms with Crippen molar-refractivity contribution in [2.45, 2.75) is 20.8 Å². The van der Waals surface area contributed by atoms with E-state index in [1.807, 2.05) is 93.6 Å². The van der Waals surface area contributed by atoms with Crippen molar-refractivity contribution in [2.75, 3.05) is 0 Å². The van der Waals surface area contributed by atoms with Crippen molar-refractivity contribution in [3.05, 3.63) is 288 Å². The van der Waals surface area contributed by atoms with Crippen LogP contribution in [-0.4, -0.2) is 18.3 Å². The molecule has 0 aliphatic heterocycles. The summed E-state index contributed by atoms with van der Waals surface area (Å²) >= 11 is 3.56. The van der Waals surface area contributed by atoms with Crippen LogP contribution in [0.3, 0.4) is 0 Å². The van der Waals surface area contributed by atoms with E-state index in [0.717, 1.165) is 137 Å². The molecule has 0 unspecified atom stereocenters. The highest BCUT2D eigenvalue weighted by Gasteiger charge is 2.32. The van der Waals surface area contributed by atoms with E-state index >= 15 is 0 Å². The molecule has 0 saturated carbocycles. The molecule has 13 aromatic carbocycles. The minimum absolute atomic E-state index is 0.521. The summed E-state index contributed by atoms with van der Waals surface area (Å²) in [7, 11) is 0.